The molecule has 0 bridgehead atoms. The van der Waals surface area contributed by atoms with Gasteiger partial charge in [0.2, 0.25) is 0 Å². The van der Waals surface area contributed by atoms with Crippen LogP contribution in [-0.2, 0) is 28.6 Å². The van der Waals surface area contributed by atoms with Gasteiger partial charge in [-0.2, -0.15) is 0 Å². The lowest BCUT2D eigenvalue weighted by molar-refractivity contribution is -0.167. The largest absolute Gasteiger partial charge is 0.462 e. The first-order valence-electron chi connectivity index (χ1n) is 34.2. The molecule has 0 aromatic rings. The number of rotatable bonds is 62. The highest BCUT2D eigenvalue weighted by Gasteiger charge is 2.19. The van der Waals surface area contributed by atoms with Crippen molar-refractivity contribution >= 4 is 17.9 Å². The lowest BCUT2D eigenvalue weighted by Crippen LogP contribution is -2.30. The van der Waals surface area contributed by atoms with Crippen LogP contribution in [0.1, 0.15) is 335 Å². The Hall–Kier alpha value is -3.67. The van der Waals surface area contributed by atoms with Crippen LogP contribution < -0.4 is 0 Å². The topological polar surface area (TPSA) is 78.9 Å². The molecule has 1 unspecified atom stereocenters. The van der Waals surface area contributed by atoms with Crippen molar-refractivity contribution in [2.45, 2.75) is 341 Å². The molecule has 0 saturated carbocycles. The fourth-order valence-corrected chi connectivity index (χ4v) is 9.66. The molecule has 80 heavy (non-hydrogen) atoms. The molecule has 0 amide bonds. The van der Waals surface area contributed by atoms with Crippen LogP contribution in [0.2, 0.25) is 0 Å². The quantitative estimate of drug-likeness (QED) is 0.0261. The summed E-state index contributed by atoms with van der Waals surface area (Å²) in [5, 5.41) is 0. The second-order valence-corrected chi connectivity index (χ2v) is 22.7. The number of carbonyl (C=O) groups is 3. The number of carbonyl (C=O) groups excluding carboxylic acids is 3. The van der Waals surface area contributed by atoms with Gasteiger partial charge in [-0.25, -0.2) is 0 Å². The molecule has 0 heterocycles. The Kier molecular flexibility index (Phi) is 64.7. The van der Waals surface area contributed by atoms with Gasteiger partial charge in [-0.3, -0.25) is 14.4 Å². The maximum Gasteiger partial charge on any atom is 0.306 e. The van der Waals surface area contributed by atoms with Crippen molar-refractivity contribution in [3.05, 3.63) is 97.2 Å². The van der Waals surface area contributed by atoms with Crippen LogP contribution in [0.3, 0.4) is 0 Å². The second kappa shape index (κ2) is 67.8. The zero-order chi connectivity index (χ0) is 57.8. The van der Waals surface area contributed by atoms with Crippen LogP contribution in [0.25, 0.3) is 0 Å². The van der Waals surface area contributed by atoms with E-state index in [0.29, 0.717) is 19.3 Å². The van der Waals surface area contributed by atoms with E-state index in [1.54, 1.807) is 0 Å². The van der Waals surface area contributed by atoms with Crippen molar-refractivity contribution in [1.82, 2.24) is 0 Å². The maximum atomic E-state index is 13.0. The van der Waals surface area contributed by atoms with Crippen LogP contribution in [0.4, 0.5) is 0 Å². The van der Waals surface area contributed by atoms with Gasteiger partial charge in [-0.1, -0.05) is 298 Å². The third kappa shape index (κ3) is 65.1. The molecule has 1 atom stereocenters. The van der Waals surface area contributed by atoms with Crippen molar-refractivity contribution < 1.29 is 28.6 Å². The lowest BCUT2D eigenvalue weighted by Gasteiger charge is -2.18. The molecule has 0 N–H and O–H groups in total. The standard InChI is InChI=1S/C74H128O6/c1-4-7-10-13-16-19-22-25-28-30-32-34-36-37-39-40-42-44-46-49-52-55-58-61-64-67-73(76)79-70-71(69-78-72(75)66-63-60-57-54-51-48-27-24-21-18-15-12-9-6-3)80-74(77)68-65-62-59-56-53-50-47-45-43-41-38-35-33-31-29-26-23-20-17-14-11-8-5-2/h7,10,15-16,18-19,23-28,31-34,71H,4-6,8-9,11-14,17,20-22,29-30,35-70H2,1-3H3/b10-7-,18-15-,19-16-,26-23-,27-24-,28-25-,33-31-,34-32-. The van der Waals surface area contributed by atoms with Gasteiger partial charge in [-0.05, 0) is 116 Å². The van der Waals surface area contributed by atoms with Crippen LogP contribution in [-0.4, -0.2) is 37.2 Å². The van der Waals surface area contributed by atoms with Crippen LogP contribution in [0.5, 0.6) is 0 Å². The highest BCUT2D eigenvalue weighted by Crippen LogP contribution is 2.17. The van der Waals surface area contributed by atoms with Crippen molar-refractivity contribution in [3.8, 4) is 0 Å². The van der Waals surface area contributed by atoms with Crippen LogP contribution >= 0.6 is 0 Å². The highest BCUT2D eigenvalue weighted by molar-refractivity contribution is 5.71. The smallest absolute Gasteiger partial charge is 0.306 e. The summed E-state index contributed by atoms with van der Waals surface area (Å²) < 4.78 is 17.0. The van der Waals surface area contributed by atoms with E-state index in [1.807, 2.05) is 0 Å². The molecule has 0 fully saturated rings. The van der Waals surface area contributed by atoms with Gasteiger partial charge in [0, 0.05) is 19.3 Å². The monoisotopic (exact) mass is 1110 g/mol. The number of hydrogen-bond donors (Lipinski definition) is 0. The molecule has 0 spiro atoms. The van der Waals surface area contributed by atoms with E-state index in [9.17, 15) is 14.4 Å². The SMILES string of the molecule is CC/C=C\C/C=C\C/C=C\C/C=C\CCCCCCCCCCCCCCC(=O)OCC(COC(=O)CCCCCCC/C=C\C/C=C\CCCC)OC(=O)CCCCCCCCCCCCC/C=C\C/C=C\CCCCCCC. The summed E-state index contributed by atoms with van der Waals surface area (Å²) in [5.74, 6) is -0.887. The molecule has 460 valence electrons. The summed E-state index contributed by atoms with van der Waals surface area (Å²) in [6, 6.07) is 0. The number of unbranched alkanes of at least 4 members (excludes halogenated alkanes) is 35. The first-order valence-corrected chi connectivity index (χ1v) is 34.2. The first kappa shape index (κ1) is 76.3. The molecule has 6 heteroatoms. The Balaban J connectivity index is 4.32. The van der Waals surface area contributed by atoms with Gasteiger partial charge in [0.05, 0.1) is 0 Å². The average Bonchev–Trinajstić information content (AvgIpc) is 3.46. The highest BCUT2D eigenvalue weighted by atomic mass is 16.6. The summed E-state index contributed by atoms with van der Waals surface area (Å²) in [7, 11) is 0. The molecular weight excluding hydrogens is 985 g/mol. The second-order valence-electron chi connectivity index (χ2n) is 22.7. The van der Waals surface area contributed by atoms with Gasteiger partial charge < -0.3 is 14.2 Å². The van der Waals surface area contributed by atoms with Crippen molar-refractivity contribution in [2.75, 3.05) is 13.2 Å². The fraction of sp³-hybridized carbons (Fsp3) is 0.743. The third-order valence-electron chi connectivity index (χ3n) is 14.8. The minimum Gasteiger partial charge on any atom is -0.462 e. The first-order chi connectivity index (χ1) is 39.5. The molecule has 0 aliphatic carbocycles. The van der Waals surface area contributed by atoms with Crippen molar-refractivity contribution in [1.29, 1.82) is 0 Å². The molecule has 0 radical (unpaired) electrons. The predicted octanol–water partition coefficient (Wildman–Crippen LogP) is 23.6. The van der Waals surface area contributed by atoms with E-state index in [-0.39, 0.29) is 31.1 Å². The van der Waals surface area contributed by atoms with Crippen molar-refractivity contribution in [3.63, 3.8) is 0 Å². The van der Waals surface area contributed by atoms with Crippen LogP contribution in [0.15, 0.2) is 97.2 Å². The number of ether oxygens (including phenoxy) is 3. The molecule has 0 saturated heterocycles. The number of allylic oxidation sites excluding steroid dienone is 16. The fourth-order valence-electron chi connectivity index (χ4n) is 9.66. The van der Waals surface area contributed by atoms with Gasteiger partial charge in [-0.15, -0.1) is 0 Å². The summed E-state index contributed by atoms with van der Waals surface area (Å²) in [6.07, 6.45) is 91.3. The van der Waals surface area contributed by atoms with Gasteiger partial charge in [0.25, 0.3) is 0 Å². The lowest BCUT2D eigenvalue weighted by atomic mass is 10.0. The summed E-state index contributed by atoms with van der Waals surface area (Å²) >= 11 is 0. The average molecular weight is 1110 g/mol. The Bertz CT molecular complexity index is 1560. The summed E-state index contributed by atoms with van der Waals surface area (Å²) in [5.41, 5.74) is 0. The van der Waals surface area contributed by atoms with E-state index in [0.717, 1.165) is 109 Å². The molecule has 6 nitrogen and oxygen atoms in total. The zero-order valence-corrected chi connectivity index (χ0v) is 52.8. The van der Waals surface area contributed by atoms with E-state index < -0.39 is 6.10 Å². The Morgan fingerprint density at radius 2 is 0.500 bits per heavy atom. The molecule has 0 aromatic heterocycles. The molecule has 0 rings (SSSR count). The van der Waals surface area contributed by atoms with Gasteiger partial charge in [0.1, 0.15) is 13.2 Å². The van der Waals surface area contributed by atoms with Crippen LogP contribution in [0, 0.1) is 0 Å². The number of hydrogen-bond acceptors (Lipinski definition) is 6. The number of esters is 3. The minimum atomic E-state index is -0.787. The summed E-state index contributed by atoms with van der Waals surface area (Å²) in [4.78, 5) is 38.4. The normalized spacial score (nSPS) is 12.7. The van der Waals surface area contributed by atoms with Gasteiger partial charge in [0.15, 0.2) is 6.10 Å². The zero-order valence-electron chi connectivity index (χ0n) is 52.8. The summed E-state index contributed by atoms with van der Waals surface area (Å²) in [6.45, 7) is 6.50. The van der Waals surface area contributed by atoms with Crippen molar-refractivity contribution in [2.24, 2.45) is 0 Å². The Labute approximate surface area is 496 Å². The molecule has 0 aliphatic rings. The molecule has 0 aromatic carbocycles. The Morgan fingerprint density at radius 3 is 0.800 bits per heavy atom. The van der Waals surface area contributed by atoms with E-state index >= 15 is 0 Å². The minimum absolute atomic E-state index is 0.0823. The molecular formula is C74H128O6. The maximum absolute atomic E-state index is 13.0. The Morgan fingerprint density at radius 1 is 0.263 bits per heavy atom. The van der Waals surface area contributed by atoms with E-state index in [4.69, 9.17) is 14.2 Å². The van der Waals surface area contributed by atoms with E-state index in [2.05, 4.69) is 118 Å². The predicted molar refractivity (Wildman–Crippen MR) is 348 cm³/mol. The molecule has 0 aliphatic heterocycles. The van der Waals surface area contributed by atoms with E-state index in [1.165, 1.54) is 186 Å². The van der Waals surface area contributed by atoms with Gasteiger partial charge >= 0.3 is 17.9 Å². The third-order valence-corrected chi connectivity index (χ3v) is 14.8.